The minimum atomic E-state index is -1.08. The number of aromatic nitrogens is 2. The number of ether oxygens (including phenoxy) is 1. The highest BCUT2D eigenvalue weighted by atomic mass is 16.5. The highest BCUT2D eigenvalue weighted by Crippen LogP contribution is 2.34. The average Bonchev–Trinajstić information content (AvgIpc) is 2.78. The highest BCUT2D eigenvalue weighted by Gasteiger charge is 2.23. The molecular formula is C24H24N4O3. The first-order valence-corrected chi connectivity index (χ1v) is 10.4. The normalized spacial score (nSPS) is 17.1. The van der Waals surface area contributed by atoms with E-state index < -0.39 is 5.97 Å². The van der Waals surface area contributed by atoms with Crippen molar-refractivity contribution in [3.8, 4) is 6.07 Å². The summed E-state index contributed by atoms with van der Waals surface area (Å²) in [6.45, 7) is 5.31. The van der Waals surface area contributed by atoms with Crippen molar-refractivity contribution in [3.63, 3.8) is 0 Å². The number of rotatable bonds is 5. The van der Waals surface area contributed by atoms with Gasteiger partial charge in [0.1, 0.15) is 11.8 Å². The lowest BCUT2D eigenvalue weighted by molar-refractivity contribution is 0.0691. The van der Waals surface area contributed by atoms with Crippen LogP contribution in [0.1, 0.15) is 64.6 Å². The van der Waals surface area contributed by atoms with Crippen molar-refractivity contribution in [2.24, 2.45) is 0 Å². The maximum Gasteiger partial charge on any atom is 0.356 e. The fraction of sp³-hybridized carbons (Fsp3) is 0.333. The van der Waals surface area contributed by atoms with E-state index in [9.17, 15) is 15.2 Å². The number of aryl methyl sites for hydroxylation is 1. The molecule has 0 spiro atoms. The van der Waals surface area contributed by atoms with Crippen molar-refractivity contribution in [1.82, 2.24) is 9.97 Å². The smallest absolute Gasteiger partial charge is 0.356 e. The summed E-state index contributed by atoms with van der Waals surface area (Å²) in [5, 5.41) is 23.4. The fourth-order valence-electron chi connectivity index (χ4n) is 4.21. The predicted octanol–water partition coefficient (Wildman–Crippen LogP) is 4.58. The second kappa shape index (κ2) is 8.70. The van der Waals surface area contributed by atoms with Crippen LogP contribution in [0.5, 0.6) is 0 Å². The van der Waals surface area contributed by atoms with Crippen LogP contribution in [-0.4, -0.2) is 34.3 Å². The zero-order valence-electron chi connectivity index (χ0n) is 17.6. The maximum atomic E-state index is 11.5. The van der Waals surface area contributed by atoms with Gasteiger partial charge in [0.2, 0.25) is 0 Å². The monoisotopic (exact) mass is 416 g/mol. The molecule has 2 N–H and O–H groups in total. The Kier molecular flexibility index (Phi) is 5.83. The van der Waals surface area contributed by atoms with Crippen molar-refractivity contribution in [1.29, 1.82) is 5.26 Å². The van der Waals surface area contributed by atoms with E-state index in [-0.39, 0.29) is 17.7 Å². The number of nitrogens with zero attached hydrogens (tertiary/aromatic N) is 3. The third kappa shape index (κ3) is 4.21. The van der Waals surface area contributed by atoms with Gasteiger partial charge in [-0.05, 0) is 67.6 Å². The van der Waals surface area contributed by atoms with Crippen LogP contribution in [0.15, 0.2) is 36.5 Å². The molecule has 2 aromatic heterocycles. The number of nitrogens with one attached hydrogen (secondary N) is 1. The van der Waals surface area contributed by atoms with Gasteiger partial charge in [0.15, 0.2) is 5.69 Å². The molecule has 7 nitrogen and oxygen atoms in total. The molecule has 0 saturated carbocycles. The topological polar surface area (TPSA) is 108 Å². The number of fused-ring (bicyclic) bond motifs is 1. The first-order chi connectivity index (χ1) is 15.0. The minimum Gasteiger partial charge on any atom is -0.476 e. The molecule has 2 atom stereocenters. The van der Waals surface area contributed by atoms with Crippen LogP contribution < -0.4 is 5.32 Å². The molecule has 7 heteroatoms. The molecule has 158 valence electrons. The van der Waals surface area contributed by atoms with E-state index in [2.05, 4.69) is 33.5 Å². The fourth-order valence-corrected chi connectivity index (χ4v) is 4.21. The third-order valence-electron chi connectivity index (χ3n) is 5.69. The number of carbonyl (C=O) groups is 1. The number of pyridine rings is 2. The number of carboxylic acids is 1. The van der Waals surface area contributed by atoms with Gasteiger partial charge in [-0.3, -0.25) is 0 Å². The van der Waals surface area contributed by atoms with Crippen molar-refractivity contribution >= 4 is 22.6 Å². The van der Waals surface area contributed by atoms with E-state index >= 15 is 0 Å². The van der Waals surface area contributed by atoms with Crippen LogP contribution in [0.2, 0.25) is 0 Å². The lowest BCUT2D eigenvalue weighted by Gasteiger charge is -2.24. The molecule has 0 amide bonds. The summed E-state index contributed by atoms with van der Waals surface area (Å²) in [6, 6.07) is 11.6. The second-order valence-electron chi connectivity index (χ2n) is 7.94. The lowest BCUT2D eigenvalue weighted by atomic mass is 9.89. The standard InChI is InChI=1S/C24H24N4O3/c1-14-9-17(15(2)27-20-6-3-7-26-23(20)24(29)30)19-11-18(16-5-4-8-31-13-16)22(12-25)28-21(19)10-14/h3,6-7,9-11,15-16,27H,4-5,8,13H2,1-2H3,(H,29,30)/t15-,16+/m1/s1. The van der Waals surface area contributed by atoms with Crippen LogP contribution in [0, 0.1) is 18.3 Å². The largest absolute Gasteiger partial charge is 0.476 e. The Morgan fingerprint density at radius 2 is 2.23 bits per heavy atom. The molecule has 3 aromatic rings. The molecule has 0 bridgehead atoms. The number of anilines is 1. The van der Waals surface area contributed by atoms with Crippen LogP contribution >= 0.6 is 0 Å². The Hall–Kier alpha value is -3.50. The van der Waals surface area contributed by atoms with Crippen LogP contribution in [0.4, 0.5) is 5.69 Å². The van der Waals surface area contributed by atoms with E-state index in [0.717, 1.165) is 47.0 Å². The molecular weight excluding hydrogens is 392 g/mol. The van der Waals surface area contributed by atoms with Gasteiger partial charge in [-0.25, -0.2) is 14.8 Å². The summed E-state index contributed by atoms with van der Waals surface area (Å²) in [7, 11) is 0. The molecule has 1 aromatic carbocycles. The molecule has 31 heavy (non-hydrogen) atoms. The molecule has 3 heterocycles. The quantitative estimate of drug-likeness (QED) is 0.627. The van der Waals surface area contributed by atoms with Crippen molar-refractivity contribution in [2.45, 2.75) is 38.6 Å². The number of nitriles is 1. The Morgan fingerprint density at radius 1 is 1.39 bits per heavy atom. The molecule has 0 radical (unpaired) electrons. The van der Waals surface area contributed by atoms with E-state index in [0.29, 0.717) is 18.0 Å². The predicted molar refractivity (Wildman–Crippen MR) is 117 cm³/mol. The number of hydrogen-bond acceptors (Lipinski definition) is 6. The summed E-state index contributed by atoms with van der Waals surface area (Å²) in [4.78, 5) is 20.2. The van der Waals surface area contributed by atoms with Gasteiger partial charge in [0.05, 0.1) is 17.8 Å². The zero-order chi connectivity index (χ0) is 22.0. The lowest BCUT2D eigenvalue weighted by Crippen LogP contribution is -2.17. The molecule has 1 saturated heterocycles. The van der Waals surface area contributed by atoms with Gasteiger partial charge in [0.25, 0.3) is 0 Å². The van der Waals surface area contributed by atoms with E-state index in [4.69, 9.17) is 4.74 Å². The van der Waals surface area contributed by atoms with Gasteiger partial charge in [-0.2, -0.15) is 5.26 Å². The number of carboxylic acid groups (broad SMARTS) is 1. The van der Waals surface area contributed by atoms with Gasteiger partial charge < -0.3 is 15.2 Å². The van der Waals surface area contributed by atoms with Crippen LogP contribution in [-0.2, 0) is 4.74 Å². The Labute approximate surface area is 180 Å². The Bertz CT molecular complexity index is 1180. The first kappa shape index (κ1) is 20.8. The summed E-state index contributed by atoms with van der Waals surface area (Å²) >= 11 is 0. The van der Waals surface area contributed by atoms with E-state index in [1.54, 1.807) is 12.1 Å². The summed E-state index contributed by atoms with van der Waals surface area (Å²) in [5.74, 6) is -0.932. The third-order valence-corrected chi connectivity index (χ3v) is 5.69. The van der Waals surface area contributed by atoms with E-state index in [1.807, 2.05) is 19.9 Å². The van der Waals surface area contributed by atoms with Crippen molar-refractivity contribution in [3.05, 3.63) is 64.6 Å². The average molecular weight is 416 g/mol. The maximum absolute atomic E-state index is 11.5. The van der Waals surface area contributed by atoms with Gasteiger partial charge in [-0.15, -0.1) is 0 Å². The van der Waals surface area contributed by atoms with Crippen molar-refractivity contribution in [2.75, 3.05) is 18.5 Å². The van der Waals surface area contributed by atoms with Gasteiger partial charge >= 0.3 is 5.97 Å². The first-order valence-electron chi connectivity index (χ1n) is 10.4. The molecule has 1 aliphatic heterocycles. The number of hydrogen-bond donors (Lipinski definition) is 2. The van der Waals surface area contributed by atoms with Crippen molar-refractivity contribution < 1.29 is 14.6 Å². The molecule has 1 fully saturated rings. The molecule has 0 unspecified atom stereocenters. The van der Waals surface area contributed by atoms with Gasteiger partial charge in [0, 0.05) is 30.1 Å². The minimum absolute atomic E-state index is 0.0174. The Morgan fingerprint density at radius 3 is 2.94 bits per heavy atom. The summed E-state index contributed by atoms with van der Waals surface area (Å²) in [5.41, 5.74) is 4.57. The van der Waals surface area contributed by atoms with Crippen LogP contribution in [0.3, 0.4) is 0 Å². The molecule has 4 rings (SSSR count). The number of benzene rings is 1. The van der Waals surface area contributed by atoms with Crippen LogP contribution in [0.25, 0.3) is 10.9 Å². The SMILES string of the molecule is Cc1cc([C@@H](C)Nc2cccnc2C(=O)O)c2cc([C@H]3CCCOC3)c(C#N)nc2c1. The number of aromatic carboxylic acids is 1. The molecule has 0 aliphatic carbocycles. The molecule has 1 aliphatic rings. The highest BCUT2D eigenvalue weighted by molar-refractivity contribution is 5.92. The Balaban J connectivity index is 1.80. The second-order valence-corrected chi connectivity index (χ2v) is 7.94. The zero-order valence-corrected chi connectivity index (χ0v) is 17.6. The van der Waals surface area contributed by atoms with E-state index in [1.165, 1.54) is 6.20 Å². The summed E-state index contributed by atoms with van der Waals surface area (Å²) in [6.07, 6.45) is 3.40. The summed E-state index contributed by atoms with van der Waals surface area (Å²) < 4.78 is 5.65. The van der Waals surface area contributed by atoms with Gasteiger partial charge in [-0.1, -0.05) is 6.07 Å².